The smallest absolute Gasteiger partial charge is 0.120 e. The van der Waals surface area contributed by atoms with Gasteiger partial charge in [-0.2, -0.15) is 0 Å². The van der Waals surface area contributed by atoms with Crippen molar-refractivity contribution in [3.05, 3.63) is 65.7 Å². The molecule has 3 heteroatoms. The zero-order chi connectivity index (χ0) is 16.1. The lowest BCUT2D eigenvalue weighted by Crippen LogP contribution is -2.39. The highest BCUT2D eigenvalue weighted by Crippen LogP contribution is 2.39. The molecule has 23 heavy (non-hydrogen) atoms. The van der Waals surface area contributed by atoms with Gasteiger partial charge in [0.1, 0.15) is 12.4 Å². The van der Waals surface area contributed by atoms with Gasteiger partial charge in [-0.15, -0.1) is 0 Å². The lowest BCUT2D eigenvalue weighted by atomic mass is 9.83. The first-order chi connectivity index (χ1) is 11.2. The normalized spacial score (nSPS) is 24.3. The second kappa shape index (κ2) is 7.16. The summed E-state index contributed by atoms with van der Waals surface area (Å²) in [6.45, 7) is 3.40. The zero-order valence-electron chi connectivity index (χ0n) is 13.8. The quantitative estimate of drug-likeness (QED) is 0.823. The van der Waals surface area contributed by atoms with Crippen molar-refractivity contribution in [2.75, 3.05) is 13.7 Å². The van der Waals surface area contributed by atoms with Crippen molar-refractivity contribution in [3.8, 4) is 5.75 Å². The van der Waals surface area contributed by atoms with E-state index >= 15 is 0 Å². The number of methoxy groups -OCH3 is 1. The van der Waals surface area contributed by atoms with Crippen molar-refractivity contribution in [1.82, 2.24) is 0 Å². The molecule has 1 saturated heterocycles. The topological polar surface area (TPSA) is 27.7 Å². The first-order valence-electron chi connectivity index (χ1n) is 8.16. The van der Waals surface area contributed by atoms with E-state index in [2.05, 4.69) is 31.2 Å². The van der Waals surface area contributed by atoms with Crippen LogP contribution < -0.4 is 4.74 Å². The van der Waals surface area contributed by atoms with E-state index in [1.54, 1.807) is 7.11 Å². The van der Waals surface area contributed by atoms with Crippen LogP contribution in [-0.4, -0.2) is 19.8 Å². The Morgan fingerprint density at radius 3 is 2.70 bits per heavy atom. The van der Waals surface area contributed by atoms with Crippen LogP contribution in [0.25, 0.3) is 0 Å². The van der Waals surface area contributed by atoms with Crippen LogP contribution in [0.3, 0.4) is 0 Å². The van der Waals surface area contributed by atoms with Crippen molar-refractivity contribution >= 4 is 0 Å². The molecule has 3 rings (SSSR count). The van der Waals surface area contributed by atoms with Gasteiger partial charge in [-0.3, -0.25) is 0 Å². The molecule has 3 nitrogen and oxygen atoms in total. The average molecular weight is 312 g/mol. The maximum atomic E-state index is 5.95. The van der Waals surface area contributed by atoms with Crippen LogP contribution in [0.1, 0.15) is 30.9 Å². The summed E-state index contributed by atoms with van der Waals surface area (Å²) >= 11 is 0. The largest absolute Gasteiger partial charge is 0.489 e. The van der Waals surface area contributed by atoms with Gasteiger partial charge in [0.05, 0.1) is 18.3 Å². The van der Waals surface area contributed by atoms with E-state index in [9.17, 15) is 0 Å². The number of hydrogen-bond donors (Lipinski definition) is 0. The molecule has 2 aromatic rings. The highest BCUT2D eigenvalue weighted by Gasteiger charge is 2.37. The van der Waals surface area contributed by atoms with Crippen molar-refractivity contribution in [2.24, 2.45) is 0 Å². The minimum atomic E-state index is -0.274. The first kappa shape index (κ1) is 16.0. The standard InChI is InChI=1S/C20H24O3/c1-16-14-20(21-2,11-12-22-16)18-9-6-10-19(13-18)23-15-17-7-4-3-5-8-17/h3-10,13,16H,11-12,14-15H2,1-2H3. The molecule has 0 aliphatic carbocycles. The fourth-order valence-corrected chi connectivity index (χ4v) is 3.23. The highest BCUT2D eigenvalue weighted by atomic mass is 16.5. The summed E-state index contributed by atoms with van der Waals surface area (Å²) in [5.41, 5.74) is 2.06. The molecular weight excluding hydrogens is 288 g/mol. The maximum absolute atomic E-state index is 5.95. The Balaban J connectivity index is 1.76. The van der Waals surface area contributed by atoms with Crippen molar-refractivity contribution < 1.29 is 14.2 Å². The van der Waals surface area contributed by atoms with Gasteiger partial charge >= 0.3 is 0 Å². The molecule has 0 radical (unpaired) electrons. The summed E-state index contributed by atoms with van der Waals surface area (Å²) in [7, 11) is 1.79. The minimum Gasteiger partial charge on any atom is -0.489 e. The predicted octanol–water partition coefficient (Wildman–Crippen LogP) is 4.31. The van der Waals surface area contributed by atoms with Crippen LogP contribution in [0.2, 0.25) is 0 Å². The van der Waals surface area contributed by atoms with Crippen molar-refractivity contribution in [3.63, 3.8) is 0 Å². The summed E-state index contributed by atoms with van der Waals surface area (Å²) in [5.74, 6) is 0.877. The van der Waals surface area contributed by atoms with E-state index in [0.717, 1.165) is 25.2 Å². The Hall–Kier alpha value is -1.84. The predicted molar refractivity (Wildman–Crippen MR) is 90.6 cm³/mol. The van der Waals surface area contributed by atoms with Crippen LogP contribution >= 0.6 is 0 Å². The summed E-state index contributed by atoms with van der Waals surface area (Å²) < 4.78 is 17.6. The van der Waals surface area contributed by atoms with Gasteiger partial charge in [-0.1, -0.05) is 42.5 Å². The van der Waals surface area contributed by atoms with Gasteiger partial charge in [0.2, 0.25) is 0 Å². The van der Waals surface area contributed by atoms with E-state index < -0.39 is 0 Å². The van der Waals surface area contributed by atoms with Gasteiger partial charge in [-0.05, 0) is 30.2 Å². The SMILES string of the molecule is COC1(c2cccc(OCc3ccccc3)c2)CCOC(C)C1. The molecule has 0 aromatic heterocycles. The molecule has 2 atom stereocenters. The lowest BCUT2D eigenvalue weighted by molar-refractivity contribution is -0.122. The van der Waals surface area contributed by atoms with E-state index in [0.29, 0.717) is 6.61 Å². The Labute approximate surface area is 138 Å². The first-order valence-corrected chi connectivity index (χ1v) is 8.16. The Morgan fingerprint density at radius 2 is 1.96 bits per heavy atom. The highest BCUT2D eigenvalue weighted by molar-refractivity contribution is 5.33. The van der Waals surface area contributed by atoms with Crippen LogP contribution in [0.5, 0.6) is 5.75 Å². The summed E-state index contributed by atoms with van der Waals surface area (Å²) in [6, 6.07) is 18.5. The third-order valence-electron chi connectivity index (χ3n) is 4.52. The molecule has 122 valence electrons. The monoisotopic (exact) mass is 312 g/mol. The lowest BCUT2D eigenvalue weighted by Gasteiger charge is -2.39. The molecule has 1 fully saturated rings. The maximum Gasteiger partial charge on any atom is 0.120 e. The Kier molecular flexibility index (Phi) is 4.99. The molecule has 0 bridgehead atoms. The number of rotatable bonds is 5. The number of hydrogen-bond acceptors (Lipinski definition) is 3. The van der Waals surface area contributed by atoms with Crippen LogP contribution in [0.4, 0.5) is 0 Å². The molecule has 0 spiro atoms. The Bertz CT molecular complexity index is 626. The zero-order valence-corrected chi connectivity index (χ0v) is 13.8. The second-order valence-electron chi connectivity index (χ2n) is 6.14. The molecule has 1 aliphatic rings. The molecule has 0 N–H and O–H groups in total. The fourth-order valence-electron chi connectivity index (χ4n) is 3.23. The minimum absolute atomic E-state index is 0.206. The van der Waals surface area contributed by atoms with E-state index in [1.165, 1.54) is 11.1 Å². The summed E-state index contributed by atoms with van der Waals surface area (Å²) in [6.07, 6.45) is 1.94. The van der Waals surface area contributed by atoms with Crippen molar-refractivity contribution in [1.29, 1.82) is 0 Å². The van der Waals surface area contributed by atoms with E-state index in [1.807, 2.05) is 30.3 Å². The third kappa shape index (κ3) is 3.74. The molecule has 1 heterocycles. The number of benzene rings is 2. The average Bonchev–Trinajstić information content (AvgIpc) is 2.61. The van der Waals surface area contributed by atoms with Crippen LogP contribution in [-0.2, 0) is 21.7 Å². The van der Waals surface area contributed by atoms with Crippen LogP contribution in [0.15, 0.2) is 54.6 Å². The third-order valence-corrected chi connectivity index (χ3v) is 4.52. The van der Waals surface area contributed by atoms with Crippen LogP contribution in [0, 0.1) is 0 Å². The van der Waals surface area contributed by atoms with E-state index in [-0.39, 0.29) is 11.7 Å². The second-order valence-corrected chi connectivity index (χ2v) is 6.14. The number of ether oxygens (including phenoxy) is 3. The Morgan fingerprint density at radius 1 is 1.13 bits per heavy atom. The fraction of sp³-hybridized carbons (Fsp3) is 0.400. The van der Waals surface area contributed by atoms with Gasteiger partial charge in [0, 0.05) is 20.0 Å². The van der Waals surface area contributed by atoms with Gasteiger partial charge < -0.3 is 14.2 Å². The summed E-state index contributed by atoms with van der Waals surface area (Å²) in [4.78, 5) is 0. The van der Waals surface area contributed by atoms with Crippen molar-refractivity contribution in [2.45, 2.75) is 38.1 Å². The van der Waals surface area contributed by atoms with Gasteiger partial charge in [-0.25, -0.2) is 0 Å². The van der Waals surface area contributed by atoms with Gasteiger partial charge in [0.25, 0.3) is 0 Å². The molecule has 2 aromatic carbocycles. The molecular formula is C20H24O3. The van der Waals surface area contributed by atoms with Gasteiger partial charge in [0.15, 0.2) is 0 Å². The molecule has 0 saturated carbocycles. The molecule has 2 unspecified atom stereocenters. The molecule has 1 aliphatic heterocycles. The van der Waals surface area contributed by atoms with E-state index in [4.69, 9.17) is 14.2 Å². The summed E-state index contributed by atoms with van der Waals surface area (Å²) in [5, 5.41) is 0. The molecule has 0 amide bonds.